The highest BCUT2D eigenvalue weighted by atomic mass is 16.5. The standard InChI is InChI=1S/C19H26N2O3/c1-12-10-21(11-17(23-12)13-4-5-13)18(22)20-15-6-7-16-14(8-15)9-19(2,3)24-16/h6-8,12-13,17H,4-5,9-11H2,1-3H3,(H,20,22). The first-order valence-corrected chi connectivity index (χ1v) is 8.93. The molecule has 4 rings (SSSR count). The molecule has 2 fully saturated rings. The van der Waals surface area contributed by atoms with E-state index in [-0.39, 0.29) is 23.8 Å². The van der Waals surface area contributed by atoms with Crippen molar-refractivity contribution in [1.29, 1.82) is 0 Å². The van der Waals surface area contributed by atoms with E-state index in [4.69, 9.17) is 9.47 Å². The van der Waals surface area contributed by atoms with Crippen LogP contribution >= 0.6 is 0 Å². The fourth-order valence-corrected chi connectivity index (χ4v) is 3.77. The molecule has 1 saturated carbocycles. The van der Waals surface area contributed by atoms with Gasteiger partial charge in [0, 0.05) is 30.8 Å². The number of rotatable bonds is 2. The average Bonchev–Trinajstić information content (AvgIpc) is 3.29. The highest BCUT2D eigenvalue weighted by Gasteiger charge is 2.38. The largest absolute Gasteiger partial charge is 0.487 e. The second kappa shape index (κ2) is 5.66. The Labute approximate surface area is 143 Å². The summed E-state index contributed by atoms with van der Waals surface area (Å²) in [4.78, 5) is 14.6. The van der Waals surface area contributed by atoms with Crippen LogP contribution in [-0.2, 0) is 11.2 Å². The van der Waals surface area contributed by atoms with Crippen LogP contribution in [0.4, 0.5) is 10.5 Å². The van der Waals surface area contributed by atoms with Crippen LogP contribution in [0.15, 0.2) is 18.2 Å². The monoisotopic (exact) mass is 330 g/mol. The van der Waals surface area contributed by atoms with Crippen molar-refractivity contribution in [2.75, 3.05) is 18.4 Å². The van der Waals surface area contributed by atoms with Crippen molar-refractivity contribution in [2.45, 2.75) is 57.8 Å². The fourth-order valence-electron chi connectivity index (χ4n) is 3.77. The summed E-state index contributed by atoms with van der Waals surface area (Å²) < 4.78 is 11.9. The maximum atomic E-state index is 12.7. The minimum atomic E-state index is -0.165. The van der Waals surface area contributed by atoms with Crippen LogP contribution in [0.3, 0.4) is 0 Å². The van der Waals surface area contributed by atoms with Crippen LogP contribution in [0.25, 0.3) is 0 Å². The molecule has 130 valence electrons. The molecule has 1 aromatic carbocycles. The Kier molecular flexibility index (Phi) is 3.71. The number of amides is 2. The van der Waals surface area contributed by atoms with Crippen molar-refractivity contribution in [3.05, 3.63) is 23.8 Å². The first kappa shape index (κ1) is 15.8. The highest BCUT2D eigenvalue weighted by molar-refractivity contribution is 5.89. The Morgan fingerprint density at radius 2 is 2.08 bits per heavy atom. The van der Waals surface area contributed by atoms with Gasteiger partial charge in [0.2, 0.25) is 0 Å². The number of hydrogen-bond donors (Lipinski definition) is 1. The maximum absolute atomic E-state index is 12.7. The lowest BCUT2D eigenvalue weighted by molar-refractivity contribution is -0.0717. The van der Waals surface area contributed by atoms with E-state index < -0.39 is 0 Å². The van der Waals surface area contributed by atoms with E-state index in [1.807, 2.05) is 30.0 Å². The zero-order valence-corrected chi connectivity index (χ0v) is 14.7. The third-order valence-corrected chi connectivity index (χ3v) is 5.03. The number of nitrogens with zero attached hydrogens (tertiary/aromatic N) is 1. The van der Waals surface area contributed by atoms with Crippen LogP contribution in [0.1, 0.15) is 39.2 Å². The topological polar surface area (TPSA) is 50.8 Å². The number of urea groups is 1. The summed E-state index contributed by atoms with van der Waals surface area (Å²) in [6.07, 6.45) is 3.63. The number of carbonyl (C=O) groups is 1. The summed E-state index contributed by atoms with van der Waals surface area (Å²) in [5, 5.41) is 3.05. The normalized spacial score (nSPS) is 28.2. The smallest absolute Gasteiger partial charge is 0.322 e. The molecule has 0 bridgehead atoms. The van der Waals surface area contributed by atoms with Gasteiger partial charge >= 0.3 is 6.03 Å². The Bertz CT molecular complexity index is 654. The number of fused-ring (bicyclic) bond motifs is 1. The molecule has 24 heavy (non-hydrogen) atoms. The zero-order valence-electron chi connectivity index (χ0n) is 14.7. The van der Waals surface area contributed by atoms with Gasteiger partial charge in [-0.3, -0.25) is 0 Å². The molecule has 1 aliphatic carbocycles. The van der Waals surface area contributed by atoms with Gasteiger partial charge in [0.1, 0.15) is 11.4 Å². The van der Waals surface area contributed by atoms with Crippen LogP contribution in [0, 0.1) is 5.92 Å². The maximum Gasteiger partial charge on any atom is 0.322 e. The number of carbonyl (C=O) groups excluding carboxylic acids is 1. The van der Waals surface area contributed by atoms with Gasteiger partial charge in [0.25, 0.3) is 0 Å². The number of anilines is 1. The van der Waals surface area contributed by atoms with Crippen molar-refractivity contribution >= 4 is 11.7 Å². The van der Waals surface area contributed by atoms with E-state index in [1.54, 1.807) is 0 Å². The Morgan fingerprint density at radius 3 is 2.83 bits per heavy atom. The second-order valence-electron chi connectivity index (χ2n) is 8.02. The predicted octanol–water partition coefficient (Wildman–Crippen LogP) is 3.43. The van der Waals surface area contributed by atoms with Gasteiger partial charge in [-0.2, -0.15) is 0 Å². The molecule has 0 spiro atoms. The van der Waals surface area contributed by atoms with Gasteiger partial charge in [-0.25, -0.2) is 4.79 Å². The van der Waals surface area contributed by atoms with Crippen molar-refractivity contribution in [3.63, 3.8) is 0 Å². The van der Waals surface area contributed by atoms with Crippen LogP contribution in [0.2, 0.25) is 0 Å². The Morgan fingerprint density at radius 1 is 1.29 bits per heavy atom. The minimum absolute atomic E-state index is 0.0334. The van der Waals surface area contributed by atoms with E-state index in [1.165, 1.54) is 12.8 Å². The Balaban J connectivity index is 1.43. The lowest BCUT2D eigenvalue weighted by atomic mass is 10.0. The van der Waals surface area contributed by atoms with Crippen molar-refractivity contribution in [3.8, 4) is 5.75 Å². The number of hydrogen-bond acceptors (Lipinski definition) is 3. The summed E-state index contributed by atoms with van der Waals surface area (Å²) in [5.41, 5.74) is 1.83. The summed E-state index contributed by atoms with van der Waals surface area (Å²) in [6.45, 7) is 7.55. The third kappa shape index (κ3) is 3.22. The molecular formula is C19H26N2O3. The van der Waals surface area contributed by atoms with Crippen LogP contribution in [-0.4, -0.2) is 41.8 Å². The fraction of sp³-hybridized carbons (Fsp3) is 0.632. The summed E-state index contributed by atoms with van der Waals surface area (Å²) >= 11 is 0. The van der Waals surface area contributed by atoms with E-state index in [0.717, 1.165) is 23.4 Å². The number of ether oxygens (including phenoxy) is 2. The predicted molar refractivity (Wildman–Crippen MR) is 92.5 cm³/mol. The van der Waals surface area contributed by atoms with Crippen molar-refractivity contribution in [2.24, 2.45) is 5.92 Å². The first-order valence-electron chi connectivity index (χ1n) is 8.93. The quantitative estimate of drug-likeness (QED) is 0.904. The molecule has 2 heterocycles. The molecular weight excluding hydrogens is 304 g/mol. The van der Waals surface area contributed by atoms with Crippen LogP contribution in [0.5, 0.6) is 5.75 Å². The molecule has 3 aliphatic rings. The molecule has 1 aromatic rings. The minimum Gasteiger partial charge on any atom is -0.487 e. The average molecular weight is 330 g/mol. The van der Waals surface area contributed by atoms with E-state index in [2.05, 4.69) is 19.2 Å². The van der Waals surface area contributed by atoms with Gasteiger partial charge in [-0.1, -0.05) is 0 Å². The van der Waals surface area contributed by atoms with Crippen molar-refractivity contribution in [1.82, 2.24) is 4.90 Å². The molecule has 2 unspecified atom stereocenters. The third-order valence-electron chi connectivity index (χ3n) is 5.03. The lowest BCUT2D eigenvalue weighted by Gasteiger charge is -2.37. The van der Waals surface area contributed by atoms with E-state index in [0.29, 0.717) is 19.0 Å². The van der Waals surface area contributed by atoms with Crippen molar-refractivity contribution < 1.29 is 14.3 Å². The van der Waals surface area contributed by atoms with Gasteiger partial charge in [0.05, 0.1) is 12.2 Å². The molecule has 0 aromatic heterocycles. The molecule has 1 saturated heterocycles. The van der Waals surface area contributed by atoms with E-state index >= 15 is 0 Å². The molecule has 0 radical (unpaired) electrons. The Hall–Kier alpha value is -1.75. The number of nitrogens with one attached hydrogen (secondary N) is 1. The molecule has 5 nitrogen and oxygen atoms in total. The SMILES string of the molecule is CC1CN(C(=O)Nc2ccc3c(c2)CC(C)(C)O3)CC(C2CC2)O1. The molecule has 2 atom stereocenters. The zero-order chi connectivity index (χ0) is 16.9. The summed E-state index contributed by atoms with van der Waals surface area (Å²) in [5.74, 6) is 1.56. The van der Waals surface area contributed by atoms with Crippen LogP contribution < -0.4 is 10.1 Å². The highest BCUT2D eigenvalue weighted by Crippen LogP contribution is 2.37. The van der Waals surface area contributed by atoms with E-state index in [9.17, 15) is 4.79 Å². The van der Waals surface area contributed by atoms with Gasteiger partial charge in [0.15, 0.2) is 0 Å². The summed E-state index contributed by atoms with van der Waals surface area (Å²) in [6, 6.07) is 5.87. The second-order valence-corrected chi connectivity index (χ2v) is 8.02. The molecule has 2 aliphatic heterocycles. The van der Waals surface area contributed by atoms with Gasteiger partial charge in [-0.15, -0.1) is 0 Å². The number of morpholine rings is 1. The van der Waals surface area contributed by atoms with Gasteiger partial charge < -0.3 is 19.7 Å². The van der Waals surface area contributed by atoms with Gasteiger partial charge in [-0.05, 0) is 57.7 Å². The lowest BCUT2D eigenvalue weighted by Crippen LogP contribution is -2.51. The molecule has 2 amide bonds. The summed E-state index contributed by atoms with van der Waals surface area (Å²) in [7, 11) is 0. The number of benzene rings is 1. The molecule has 5 heteroatoms. The first-order chi connectivity index (χ1) is 11.4. The molecule has 1 N–H and O–H groups in total.